The number of carbonyl (C=O) groups is 2. The molecule has 1 unspecified atom stereocenters. The summed E-state index contributed by atoms with van der Waals surface area (Å²) in [6.07, 6.45) is 2.06. The van der Waals surface area contributed by atoms with Gasteiger partial charge in [0.25, 0.3) is 5.91 Å². The Morgan fingerprint density at radius 3 is 2.60 bits per heavy atom. The fourth-order valence-electron chi connectivity index (χ4n) is 3.83. The fourth-order valence-corrected chi connectivity index (χ4v) is 4.00. The van der Waals surface area contributed by atoms with E-state index in [0.717, 1.165) is 23.3 Å². The van der Waals surface area contributed by atoms with Gasteiger partial charge in [0.2, 0.25) is 5.91 Å². The Morgan fingerprint density at radius 1 is 1.13 bits per heavy atom. The number of ether oxygens (including phenoxy) is 2. The van der Waals surface area contributed by atoms with Crippen LogP contribution in [0.15, 0.2) is 36.4 Å². The highest BCUT2D eigenvalue weighted by Gasteiger charge is 2.35. The summed E-state index contributed by atoms with van der Waals surface area (Å²) in [5, 5.41) is 3.42. The van der Waals surface area contributed by atoms with Crippen molar-refractivity contribution in [2.24, 2.45) is 0 Å². The number of amides is 2. The highest BCUT2D eigenvalue weighted by atomic mass is 35.5. The van der Waals surface area contributed by atoms with Crippen LogP contribution in [-0.4, -0.2) is 50.1 Å². The molecule has 30 heavy (non-hydrogen) atoms. The fraction of sp³-hybridized carbons (Fsp3) is 0.391. The third-order valence-electron chi connectivity index (χ3n) is 5.34. The van der Waals surface area contributed by atoms with Crippen molar-refractivity contribution in [3.05, 3.63) is 58.1 Å². The molecule has 1 atom stereocenters. The molecule has 7 heteroatoms. The van der Waals surface area contributed by atoms with E-state index >= 15 is 0 Å². The normalized spacial score (nSPS) is 15.7. The maximum absolute atomic E-state index is 13.1. The Labute approximate surface area is 182 Å². The second-order valence-electron chi connectivity index (χ2n) is 7.36. The van der Waals surface area contributed by atoms with E-state index < -0.39 is 6.04 Å². The number of carbonyl (C=O) groups excluding carboxylic acids is 2. The summed E-state index contributed by atoms with van der Waals surface area (Å²) in [6.45, 7) is 3.02. The van der Waals surface area contributed by atoms with Gasteiger partial charge in [-0.2, -0.15) is 0 Å². The van der Waals surface area contributed by atoms with E-state index in [0.29, 0.717) is 42.3 Å². The maximum atomic E-state index is 13.1. The minimum absolute atomic E-state index is 0.145. The molecule has 1 aliphatic heterocycles. The number of rotatable bonds is 7. The Balaban J connectivity index is 1.66. The lowest BCUT2D eigenvalue weighted by Gasteiger charge is -2.25. The van der Waals surface area contributed by atoms with Gasteiger partial charge in [-0.25, -0.2) is 0 Å². The first-order chi connectivity index (χ1) is 14.4. The van der Waals surface area contributed by atoms with Crippen molar-refractivity contribution in [1.29, 1.82) is 0 Å². The van der Waals surface area contributed by atoms with Gasteiger partial charge in [0.1, 0.15) is 17.5 Å². The molecule has 3 rings (SSSR count). The predicted molar refractivity (Wildman–Crippen MR) is 117 cm³/mol. The third-order valence-corrected chi connectivity index (χ3v) is 5.57. The molecular weight excluding hydrogens is 404 g/mol. The van der Waals surface area contributed by atoms with Crippen LogP contribution in [-0.2, 0) is 11.2 Å². The second kappa shape index (κ2) is 9.85. The number of aryl methyl sites for hydroxylation is 1. The highest BCUT2D eigenvalue weighted by molar-refractivity contribution is 6.31. The number of methoxy groups -OCH3 is 2. The van der Waals surface area contributed by atoms with E-state index in [1.807, 2.05) is 19.1 Å². The van der Waals surface area contributed by atoms with Crippen LogP contribution in [0.4, 0.5) is 0 Å². The van der Waals surface area contributed by atoms with Crippen LogP contribution in [0.1, 0.15) is 34.3 Å². The van der Waals surface area contributed by atoms with Crippen LogP contribution >= 0.6 is 11.6 Å². The summed E-state index contributed by atoms with van der Waals surface area (Å²) in [6, 6.07) is 10.4. The second-order valence-corrected chi connectivity index (χ2v) is 7.79. The standard InChI is InChI=1S/C23H27ClN2O4/c1-15-6-8-20(29-2)16(13-15)10-11-25-22(27)19-5-4-12-26(19)23(28)18-14-17(24)7-9-21(18)30-3/h6-9,13-14,19H,4-5,10-12H2,1-3H3,(H,25,27). The summed E-state index contributed by atoms with van der Waals surface area (Å²) in [5.41, 5.74) is 2.55. The largest absolute Gasteiger partial charge is 0.496 e. The van der Waals surface area contributed by atoms with Gasteiger partial charge in [-0.05, 0) is 56.0 Å². The number of nitrogens with zero attached hydrogens (tertiary/aromatic N) is 1. The van der Waals surface area contributed by atoms with Crippen LogP contribution in [0.2, 0.25) is 5.02 Å². The van der Waals surface area contributed by atoms with Gasteiger partial charge < -0.3 is 19.7 Å². The molecule has 0 spiro atoms. The molecule has 1 N–H and O–H groups in total. The van der Waals surface area contributed by atoms with Gasteiger partial charge in [0, 0.05) is 18.1 Å². The lowest BCUT2D eigenvalue weighted by molar-refractivity contribution is -0.124. The van der Waals surface area contributed by atoms with Crippen molar-refractivity contribution in [2.75, 3.05) is 27.3 Å². The Kier molecular flexibility index (Phi) is 7.21. The first kappa shape index (κ1) is 22.0. The highest BCUT2D eigenvalue weighted by Crippen LogP contribution is 2.28. The van der Waals surface area contributed by atoms with Crippen LogP contribution in [0.3, 0.4) is 0 Å². The van der Waals surface area contributed by atoms with Crippen molar-refractivity contribution < 1.29 is 19.1 Å². The molecule has 0 bridgehead atoms. The lowest BCUT2D eigenvalue weighted by Crippen LogP contribution is -2.46. The number of hydrogen-bond donors (Lipinski definition) is 1. The van der Waals surface area contributed by atoms with Crippen LogP contribution in [0.5, 0.6) is 11.5 Å². The molecule has 1 saturated heterocycles. The molecule has 6 nitrogen and oxygen atoms in total. The molecule has 0 saturated carbocycles. The van der Waals surface area contributed by atoms with E-state index in [-0.39, 0.29) is 11.8 Å². The number of halogens is 1. The Morgan fingerprint density at radius 2 is 1.87 bits per heavy atom. The first-order valence-electron chi connectivity index (χ1n) is 10.0. The van der Waals surface area contributed by atoms with Crippen LogP contribution < -0.4 is 14.8 Å². The molecule has 0 radical (unpaired) electrons. The summed E-state index contributed by atoms with van der Waals surface area (Å²) in [5.74, 6) is 0.864. The first-order valence-corrected chi connectivity index (χ1v) is 10.4. The number of hydrogen-bond acceptors (Lipinski definition) is 4. The zero-order chi connectivity index (χ0) is 21.7. The zero-order valence-corrected chi connectivity index (χ0v) is 18.3. The topological polar surface area (TPSA) is 67.9 Å². The molecule has 1 aliphatic rings. The van der Waals surface area contributed by atoms with E-state index in [1.165, 1.54) is 7.11 Å². The van der Waals surface area contributed by atoms with Crippen LogP contribution in [0.25, 0.3) is 0 Å². The number of nitrogens with one attached hydrogen (secondary N) is 1. The molecule has 0 aromatic heterocycles. The van der Waals surface area contributed by atoms with E-state index in [1.54, 1.807) is 30.2 Å². The van der Waals surface area contributed by atoms with Crippen molar-refractivity contribution in [3.8, 4) is 11.5 Å². The van der Waals surface area contributed by atoms with Gasteiger partial charge in [-0.3, -0.25) is 9.59 Å². The van der Waals surface area contributed by atoms with E-state index in [2.05, 4.69) is 11.4 Å². The molecular formula is C23H27ClN2O4. The molecule has 2 aromatic rings. The van der Waals surface area contributed by atoms with E-state index in [4.69, 9.17) is 21.1 Å². The summed E-state index contributed by atoms with van der Waals surface area (Å²) >= 11 is 6.07. The van der Waals surface area contributed by atoms with Crippen molar-refractivity contribution in [2.45, 2.75) is 32.2 Å². The van der Waals surface area contributed by atoms with Gasteiger partial charge in [0.15, 0.2) is 0 Å². The molecule has 1 heterocycles. The number of likely N-dealkylation sites (tertiary alicyclic amines) is 1. The minimum atomic E-state index is -0.499. The number of benzene rings is 2. The molecule has 2 aromatic carbocycles. The van der Waals surface area contributed by atoms with E-state index in [9.17, 15) is 9.59 Å². The average molecular weight is 431 g/mol. The zero-order valence-electron chi connectivity index (χ0n) is 17.5. The molecule has 160 valence electrons. The SMILES string of the molecule is COc1ccc(C)cc1CCNC(=O)C1CCCN1C(=O)c1cc(Cl)ccc1OC. The summed E-state index contributed by atoms with van der Waals surface area (Å²) in [4.78, 5) is 27.5. The van der Waals surface area contributed by atoms with Crippen molar-refractivity contribution in [1.82, 2.24) is 10.2 Å². The minimum Gasteiger partial charge on any atom is -0.496 e. The Bertz CT molecular complexity index is 931. The van der Waals surface area contributed by atoms with Gasteiger partial charge >= 0.3 is 0 Å². The molecule has 1 fully saturated rings. The molecule has 2 amide bonds. The summed E-state index contributed by atoms with van der Waals surface area (Å²) < 4.78 is 10.7. The van der Waals surface area contributed by atoms with Gasteiger partial charge in [0.05, 0.1) is 19.8 Å². The third kappa shape index (κ3) is 4.87. The summed E-state index contributed by atoms with van der Waals surface area (Å²) in [7, 11) is 3.15. The van der Waals surface area contributed by atoms with Crippen molar-refractivity contribution >= 4 is 23.4 Å². The predicted octanol–water partition coefficient (Wildman–Crippen LogP) is 3.63. The Hall–Kier alpha value is -2.73. The van der Waals surface area contributed by atoms with Crippen molar-refractivity contribution in [3.63, 3.8) is 0 Å². The quantitative estimate of drug-likeness (QED) is 0.728. The van der Waals surface area contributed by atoms with Gasteiger partial charge in [-0.1, -0.05) is 29.3 Å². The smallest absolute Gasteiger partial charge is 0.258 e. The van der Waals surface area contributed by atoms with Gasteiger partial charge in [-0.15, -0.1) is 0 Å². The molecule has 0 aliphatic carbocycles. The monoisotopic (exact) mass is 430 g/mol. The maximum Gasteiger partial charge on any atom is 0.258 e. The lowest BCUT2D eigenvalue weighted by atomic mass is 10.1. The average Bonchev–Trinajstić information content (AvgIpc) is 3.23. The van der Waals surface area contributed by atoms with Crippen LogP contribution in [0, 0.1) is 6.92 Å².